The van der Waals surface area contributed by atoms with Crippen molar-refractivity contribution >= 4 is 23.4 Å². The zero-order chi connectivity index (χ0) is 17.0. The summed E-state index contributed by atoms with van der Waals surface area (Å²) in [5.74, 6) is -1.43. The van der Waals surface area contributed by atoms with Crippen LogP contribution in [0, 0.1) is 5.92 Å². The highest BCUT2D eigenvalue weighted by Crippen LogP contribution is 2.23. The van der Waals surface area contributed by atoms with E-state index in [1.54, 1.807) is 36.3 Å². The fraction of sp³-hybridized carbons (Fsp3) is 0.438. The van der Waals surface area contributed by atoms with E-state index in [9.17, 15) is 14.4 Å². The van der Waals surface area contributed by atoms with Gasteiger partial charge in [0.15, 0.2) is 0 Å². The predicted molar refractivity (Wildman–Crippen MR) is 84.7 cm³/mol. The van der Waals surface area contributed by atoms with Gasteiger partial charge in [-0.3, -0.25) is 14.4 Å². The third-order valence-corrected chi connectivity index (χ3v) is 3.92. The van der Waals surface area contributed by atoms with E-state index in [0.717, 1.165) is 0 Å². The Kier molecular flexibility index (Phi) is 5.33. The summed E-state index contributed by atoms with van der Waals surface area (Å²) in [6.07, 6.45) is 0.151. The van der Waals surface area contributed by atoms with Gasteiger partial charge < -0.3 is 20.7 Å². The van der Waals surface area contributed by atoms with Crippen molar-refractivity contribution in [2.75, 3.05) is 25.6 Å². The molecule has 1 aliphatic heterocycles. The fourth-order valence-corrected chi connectivity index (χ4v) is 2.71. The summed E-state index contributed by atoms with van der Waals surface area (Å²) in [4.78, 5) is 37.5. The standard InChI is InChI=1S/C16H21N3O4/c1-10(9-23-2)19-8-11(7-14(19)20)16(22)18-13-6-4-3-5-12(13)15(17)21/h3-6,10-11H,7-9H2,1-2H3,(H2,17,21)(H,18,22)/t10-,11+/m1/s1. The Morgan fingerprint density at radius 2 is 2.13 bits per heavy atom. The van der Waals surface area contributed by atoms with Gasteiger partial charge >= 0.3 is 0 Å². The van der Waals surface area contributed by atoms with Crippen LogP contribution in [0.3, 0.4) is 0 Å². The van der Waals surface area contributed by atoms with Gasteiger partial charge in [0.2, 0.25) is 11.8 Å². The number of anilines is 1. The second-order valence-electron chi connectivity index (χ2n) is 5.65. The van der Waals surface area contributed by atoms with Gasteiger partial charge in [0.1, 0.15) is 0 Å². The molecule has 1 heterocycles. The first-order valence-corrected chi connectivity index (χ1v) is 7.42. The second-order valence-corrected chi connectivity index (χ2v) is 5.65. The van der Waals surface area contributed by atoms with Gasteiger partial charge in [0, 0.05) is 20.1 Å². The number of ether oxygens (including phenoxy) is 1. The number of nitrogens with zero attached hydrogens (tertiary/aromatic N) is 1. The molecule has 0 saturated carbocycles. The average molecular weight is 319 g/mol. The monoisotopic (exact) mass is 319 g/mol. The largest absolute Gasteiger partial charge is 0.383 e. The molecule has 0 unspecified atom stereocenters. The Hall–Kier alpha value is -2.41. The van der Waals surface area contributed by atoms with E-state index in [0.29, 0.717) is 18.8 Å². The first-order valence-electron chi connectivity index (χ1n) is 7.42. The Morgan fingerprint density at radius 1 is 1.43 bits per heavy atom. The first-order chi connectivity index (χ1) is 10.9. The van der Waals surface area contributed by atoms with Crippen LogP contribution >= 0.6 is 0 Å². The first kappa shape index (κ1) is 17.0. The van der Waals surface area contributed by atoms with Crippen molar-refractivity contribution < 1.29 is 19.1 Å². The summed E-state index contributed by atoms with van der Waals surface area (Å²) in [5.41, 5.74) is 5.90. The summed E-state index contributed by atoms with van der Waals surface area (Å²) >= 11 is 0. The number of carbonyl (C=O) groups excluding carboxylic acids is 3. The molecule has 3 N–H and O–H groups in total. The predicted octanol–water partition coefficient (Wildman–Crippen LogP) is 0.607. The maximum Gasteiger partial charge on any atom is 0.250 e. The van der Waals surface area contributed by atoms with Crippen molar-refractivity contribution in [3.63, 3.8) is 0 Å². The highest BCUT2D eigenvalue weighted by molar-refractivity contribution is 6.04. The number of likely N-dealkylation sites (tertiary alicyclic amines) is 1. The number of rotatable bonds is 6. The van der Waals surface area contributed by atoms with E-state index in [1.807, 2.05) is 6.92 Å². The summed E-state index contributed by atoms with van der Waals surface area (Å²) in [7, 11) is 1.57. The van der Waals surface area contributed by atoms with Crippen molar-refractivity contribution in [2.24, 2.45) is 11.7 Å². The number of nitrogens with two attached hydrogens (primary N) is 1. The van der Waals surface area contributed by atoms with Gasteiger partial charge in [-0.25, -0.2) is 0 Å². The Bertz CT molecular complexity index is 617. The molecule has 124 valence electrons. The van der Waals surface area contributed by atoms with E-state index in [4.69, 9.17) is 10.5 Å². The molecule has 7 heteroatoms. The normalized spacial score (nSPS) is 18.8. The molecule has 1 fully saturated rings. The average Bonchev–Trinajstić information content (AvgIpc) is 2.90. The number of carbonyl (C=O) groups is 3. The maximum absolute atomic E-state index is 12.4. The van der Waals surface area contributed by atoms with Crippen LogP contribution in [0.2, 0.25) is 0 Å². The number of primary amides is 1. The minimum Gasteiger partial charge on any atom is -0.383 e. The lowest BCUT2D eigenvalue weighted by Gasteiger charge is -2.24. The van der Waals surface area contributed by atoms with Crippen molar-refractivity contribution in [1.29, 1.82) is 0 Å². The molecule has 1 aliphatic rings. The lowest BCUT2D eigenvalue weighted by Crippen LogP contribution is -2.38. The Balaban J connectivity index is 2.05. The lowest BCUT2D eigenvalue weighted by atomic mass is 10.1. The molecule has 0 bridgehead atoms. The molecule has 3 amide bonds. The molecular weight excluding hydrogens is 298 g/mol. The quantitative estimate of drug-likeness (QED) is 0.802. The van der Waals surface area contributed by atoms with E-state index in [2.05, 4.69) is 5.32 Å². The molecule has 7 nitrogen and oxygen atoms in total. The summed E-state index contributed by atoms with van der Waals surface area (Å²) in [6, 6.07) is 6.45. The van der Waals surface area contributed by atoms with Gasteiger partial charge in [0.25, 0.3) is 5.91 Å². The smallest absolute Gasteiger partial charge is 0.250 e. The number of benzene rings is 1. The molecular formula is C16H21N3O4. The zero-order valence-electron chi connectivity index (χ0n) is 13.2. The third kappa shape index (κ3) is 3.87. The molecule has 0 aromatic heterocycles. The van der Waals surface area contributed by atoms with E-state index >= 15 is 0 Å². The topological polar surface area (TPSA) is 102 Å². The fourth-order valence-electron chi connectivity index (χ4n) is 2.71. The van der Waals surface area contributed by atoms with E-state index in [-0.39, 0.29) is 29.8 Å². The molecule has 1 aromatic carbocycles. The molecule has 0 radical (unpaired) electrons. The number of methoxy groups -OCH3 is 1. The molecule has 0 aliphatic carbocycles. The molecule has 2 atom stereocenters. The lowest BCUT2D eigenvalue weighted by molar-refractivity contribution is -0.130. The number of hydrogen-bond donors (Lipinski definition) is 2. The minimum absolute atomic E-state index is 0.0714. The van der Waals surface area contributed by atoms with Crippen molar-refractivity contribution in [3.05, 3.63) is 29.8 Å². The van der Waals surface area contributed by atoms with Crippen LogP contribution in [-0.2, 0) is 14.3 Å². The third-order valence-electron chi connectivity index (χ3n) is 3.92. The molecule has 23 heavy (non-hydrogen) atoms. The molecule has 1 aromatic rings. The SMILES string of the molecule is COC[C@@H](C)N1C[C@@H](C(=O)Nc2ccccc2C(N)=O)CC1=O. The zero-order valence-corrected chi connectivity index (χ0v) is 13.2. The summed E-state index contributed by atoms with van der Waals surface area (Å²) in [5, 5.41) is 2.70. The van der Waals surface area contributed by atoms with Gasteiger partial charge in [0.05, 0.1) is 29.8 Å². The number of nitrogens with one attached hydrogen (secondary N) is 1. The summed E-state index contributed by atoms with van der Waals surface area (Å²) in [6.45, 7) is 2.64. The molecule has 2 rings (SSSR count). The number of para-hydroxylation sites is 1. The van der Waals surface area contributed by atoms with Crippen molar-refractivity contribution in [2.45, 2.75) is 19.4 Å². The number of hydrogen-bond acceptors (Lipinski definition) is 4. The van der Waals surface area contributed by atoms with Crippen LogP contribution in [0.25, 0.3) is 0 Å². The van der Waals surface area contributed by atoms with Crippen molar-refractivity contribution in [1.82, 2.24) is 4.90 Å². The molecule has 0 spiro atoms. The van der Waals surface area contributed by atoms with Gasteiger partial charge in [-0.15, -0.1) is 0 Å². The van der Waals surface area contributed by atoms with Gasteiger partial charge in [-0.1, -0.05) is 12.1 Å². The van der Waals surface area contributed by atoms with Crippen molar-refractivity contribution in [3.8, 4) is 0 Å². The van der Waals surface area contributed by atoms with E-state index in [1.165, 1.54) is 0 Å². The van der Waals surface area contributed by atoms with Crippen LogP contribution in [0.1, 0.15) is 23.7 Å². The highest BCUT2D eigenvalue weighted by Gasteiger charge is 2.36. The molecule has 1 saturated heterocycles. The highest BCUT2D eigenvalue weighted by atomic mass is 16.5. The van der Waals surface area contributed by atoms with Crippen LogP contribution in [-0.4, -0.2) is 48.9 Å². The van der Waals surface area contributed by atoms with Crippen LogP contribution in [0.5, 0.6) is 0 Å². The maximum atomic E-state index is 12.4. The van der Waals surface area contributed by atoms with Crippen LogP contribution in [0.15, 0.2) is 24.3 Å². The van der Waals surface area contributed by atoms with Gasteiger partial charge in [-0.05, 0) is 19.1 Å². The number of amides is 3. The Labute approximate surface area is 134 Å². The Morgan fingerprint density at radius 3 is 2.78 bits per heavy atom. The van der Waals surface area contributed by atoms with Crippen LogP contribution < -0.4 is 11.1 Å². The minimum atomic E-state index is -0.612. The van der Waals surface area contributed by atoms with Gasteiger partial charge in [-0.2, -0.15) is 0 Å². The summed E-state index contributed by atoms with van der Waals surface area (Å²) < 4.78 is 5.05. The second kappa shape index (κ2) is 7.23. The van der Waals surface area contributed by atoms with Crippen LogP contribution in [0.4, 0.5) is 5.69 Å². The van der Waals surface area contributed by atoms with E-state index < -0.39 is 11.8 Å².